The predicted molar refractivity (Wildman–Crippen MR) is 49.0 cm³/mol. The first-order chi connectivity index (χ1) is 6.11. The van der Waals surface area contributed by atoms with Crippen molar-refractivity contribution in [3.05, 3.63) is 0 Å². The van der Waals surface area contributed by atoms with Gasteiger partial charge in [0, 0.05) is 25.7 Å². The van der Waals surface area contributed by atoms with E-state index in [4.69, 9.17) is 10.8 Å². The van der Waals surface area contributed by atoms with Gasteiger partial charge in [-0.15, -0.1) is 0 Å². The second-order valence-corrected chi connectivity index (χ2v) is 3.52. The molecule has 0 spiro atoms. The van der Waals surface area contributed by atoms with Crippen molar-refractivity contribution in [2.45, 2.75) is 19.1 Å². The normalized spacial score (nSPS) is 30.1. The van der Waals surface area contributed by atoms with Crippen LogP contribution in [0.1, 0.15) is 6.92 Å². The molecular formula is C8H17N3O2. The van der Waals surface area contributed by atoms with E-state index < -0.39 is 6.10 Å². The van der Waals surface area contributed by atoms with Gasteiger partial charge in [0.1, 0.15) is 0 Å². The van der Waals surface area contributed by atoms with E-state index in [1.165, 1.54) is 0 Å². The van der Waals surface area contributed by atoms with Crippen molar-refractivity contribution in [2.75, 3.05) is 19.6 Å². The first kappa shape index (κ1) is 10.4. The van der Waals surface area contributed by atoms with Crippen LogP contribution in [0.3, 0.4) is 0 Å². The Morgan fingerprint density at radius 2 is 2.46 bits per heavy atom. The van der Waals surface area contributed by atoms with E-state index in [9.17, 15) is 4.79 Å². The SMILES string of the molecule is CC(O)CNC(=O)C1CNCC1N. The summed E-state index contributed by atoms with van der Waals surface area (Å²) in [6, 6.07) is -0.103. The molecule has 1 aliphatic rings. The second-order valence-electron chi connectivity index (χ2n) is 3.52. The number of nitrogens with one attached hydrogen (secondary N) is 2. The van der Waals surface area contributed by atoms with Crippen LogP contribution in [0.4, 0.5) is 0 Å². The Morgan fingerprint density at radius 1 is 1.77 bits per heavy atom. The summed E-state index contributed by atoms with van der Waals surface area (Å²) in [5, 5.41) is 14.6. The Bertz CT molecular complexity index is 184. The lowest BCUT2D eigenvalue weighted by atomic mass is 10.0. The molecule has 0 aromatic carbocycles. The van der Waals surface area contributed by atoms with Crippen LogP contribution in [0.2, 0.25) is 0 Å². The van der Waals surface area contributed by atoms with E-state index in [-0.39, 0.29) is 17.9 Å². The second kappa shape index (κ2) is 4.55. The lowest BCUT2D eigenvalue weighted by Crippen LogP contribution is -2.42. The van der Waals surface area contributed by atoms with Gasteiger partial charge in [0.15, 0.2) is 0 Å². The molecule has 0 aliphatic carbocycles. The molecule has 3 unspecified atom stereocenters. The van der Waals surface area contributed by atoms with Gasteiger partial charge in [-0.3, -0.25) is 4.79 Å². The van der Waals surface area contributed by atoms with Gasteiger partial charge in [-0.1, -0.05) is 0 Å². The highest BCUT2D eigenvalue weighted by Crippen LogP contribution is 2.06. The first-order valence-corrected chi connectivity index (χ1v) is 4.53. The maximum absolute atomic E-state index is 11.4. The maximum Gasteiger partial charge on any atom is 0.226 e. The van der Waals surface area contributed by atoms with E-state index in [0.29, 0.717) is 19.6 Å². The summed E-state index contributed by atoms with van der Waals surface area (Å²) in [6.45, 7) is 3.24. The fourth-order valence-electron chi connectivity index (χ4n) is 1.37. The number of amides is 1. The van der Waals surface area contributed by atoms with Gasteiger partial charge in [-0.2, -0.15) is 0 Å². The molecule has 1 heterocycles. The highest BCUT2D eigenvalue weighted by molar-refractivity contribution is 5.80. The van der Waals surface area contributed by atoms with E-state index in [1.807, 2.05) is 0 Å². The largest absolute Gasteiger partial charge is 0.392 e. The maximum atomic E-state index is 11.4. The Hall–Kier alpha value is -0.650. The number of hydrogen-bond donors (Lipinski definition) is 4. The highest BCUT2D eigenvalue weighted by atomic mass is 16.3. The average Bonchev–Trinajstić information content (AvgIpc) is 2.47. The summed E-state index contributed by atoms with van der Waals surface area (Å²) >= 11 is 0. The molecule has 0 radical (unpaired) electrons. The van der Waals surface area contributed by atoms with Crippen molar-refractivity contribution in [3.8, 4) is 0 Å². The Morgan fingerprint density at radius 3 is 2.92 bits per heavy atom. The lowest BCUT2D eigenvalue weighted by molar-refractivity contribution is -0.125. The molecule has 5 heteroatoms. The summed E-state index contributed by atoms with van der Waals surface area (Å²) in [6.07, 6.45) is -0.505. The van der Waals surface area contributed by atoms with Crippen molar-refractivity contribution in [1.29, 1.82) is 0 Å². The Labute approximate surface area is 77.7 Å². The van der Waals surface area contributed by atoms with Gasteiger partial charge >= 0.3 is 0 Å². The summed E-state index contributed by atoms with van der Waals surface area (Å²) in [5.41, 5.74) is 5.70. The molecule has 0 saturated carbocycles. The number of rotatable bonds is 3. The van der Waals surface area contributed by atoms with Crippen LogP contribution < -0.4 is 16.4 Å². The zero-order chi connectivity index (χ0) is 9.84. The van der Waals surface area contributed by atoms with Crippen LogP contribution in [-0.4, -0.2) is 42.8 Å². The van der Waals surface area contributed by atoms with Gasteiger partial charge in [-0.25, -0.2) is 0 Å². The van der Waals surface area contributed by atoms with Crippen LogP contribution in [0, 0.1) is 5.92 Å². The summed E-state index contributed by atoms with van der Waals surface area (Å²) in [7, 11) is 0. The molecule has 3 atom stereocenters. The molecule has 0 bridgehead atoms. The quantitative estimate of drug-likeness (QED) is 0.413. The van der Waals surface area contributed by atoms with Gasteiger partial charge in [-0.05, 0) is 6.92 Å². The number of nitrogens with two attached hydrogens (primary N) is 1. The minimum atomic E-state index is -0.505. The van der Waals surface area contributed by atoms with Gasteiger partial charge in [0.2, 0.25) is 5.91 Å². The van der Waals surface area contributed by atoms with Crippen molar-refractivity contribution in [2.24, 2.45) is 11.7 Å². The third-order valence-electron chi connectivity index (χ3n) is 2.17. The Kier molecular flexibility index (Phi) is 3.65. The molecule has 1 saturated heterocycles. The zero-order valence-electron chi connectivity index (χ0n) is 7.79. The fourth-order valence-corrected chi connectivity index (χ4v) is 1.37. The molecular weight excluding hydrogens is 170 g/mol. The van der Waals surface area contributed by atoms with Gasteiger partial charge in [0.25, 0.3) is 0 Å². The molecule has 1 fully saturated rings. The van der Waals surface area contributed by atoms with Crippen molar-refractivity contribution in [3.63, 3.8) is 0 Å². The number of aliphatic hydroxyl groups is 1. The minimum absolute atomic E-state index is 0.0709. The van der Waals surface area contributed by atoms with Crippen LogP contribution >= 0.6 is 0 Å². The minimum Gasteiger partial charge on any atom is -0.392 e. The smallest absolute Gasteiger partial charge is 0.226 e. The molecule has 5 nitrogen and oxygen atoms in total. The summed E-state index contributed by atoms with van der Waals surface area (Å²) in [4.78, 5) is 11.4. The van der Waals surface area contributed by atoms with Crippen LogP contribution in [0.25, 0.3) is 0 Å². The number of carbonyl (C=O) groups is 1. The Balaban J connectivity index is 2.30. The number of hydrogen-bond acceptors (Lipinski definition) is 4. The standard InChI is InChI=1S/C8H17N3O2/c1-5(12)2-11-8(13)6-3-10-4-7(6)9/h5-7,10,12H,2-4,9H2,1H3,(H,11,13). The lowest BCUT2D eigenvalue weighted by Gasteiger charge is -2.14. The average molecular weight is 187 g/mol. The number of carbonyl (C=O) groups excluding carboxylic acids is 1. The molecule has 76 valence electrons. The topological polar surface area (TPSA) is 87.4 Å². The van der Waals surface area contributed by atoms with Crippen molar-refractivity contribution < 1.29 is 9.90 Å². The molecule has 13 heavy (non-hydrogen) atoms. The predicted octanol–water partition coefficient (Wildman–Crippen LogP) is -1.97. The van der Waals surface area contributed by atoms with Crippen molar-refractivity contribution in [1.82, 2.24) is 10.6 Å². The van der Waals surface area contributed by atoms with E-state index in [1.54, 1.807) is 6.92 Å². The summed E-state index contributed by atoms with van der Waals surface area (Å²) in [5.74, 6) is -0.225. The molecule has 1 rings (SSSR count). The van der Waals surface area contributed by atoms with Gasteiger partial charge in [0.05, 0.1) is 12.0 Å². The molecule has 0 aromatic rings. The van der Waals surface area contributed by atoms with E-state index in [0.717, 1.165) is 0 Å². The van der Waals surface area contributed by atoms with E-state index >= 15 is 0 Å². The summed E-state index contributed by atoms with van der Waals surface area (Å²) < 4.78 is 0. The van der Waals surface area contributed by atoms with Crippen LogP contribution in [0.5, 0.6) is 0 Å². The fraction of sp³-hybridized carbons (Fsp3) is 0.875. The monoisotopic (exact) mass is 187 g/mol. The van der Waals surface area contributed by atoms with E-state index in [2.05, 4.69) is 10.6 Å². The third kappa shape index (κ3) is 2.95. The molecule has 5 N–H and O–H groups in total. The van der Waals surface area contributed by atoms with Gasteiger partial charge < -0.3 is 21.5 Å². The van der Waals surface area contributed by atoms with Crippen LogP contribution in [0.15, 0.2) is 0 Å². The molecule has 0 aromatic heterocycles. The zero-order valence-corrected chi connectivity index (χ0v) is 7.79. The molecule has 1 aliphatic heterocycles. The van der Waals surface area contributed by atoms with Crippen LogP contribution in [-0.2, 0) is 4.79 Å². The molecule has 1 amide bonds. The third-order valence-corrected chi connectivity index (χ3v) is 2.17. The van der Waals surface area contributed by atoms with Crippen molar-refractivity contribution >= 4 is 5.91 Å². The highest BCUT2D eigenvalue weighted by Gasteiger charge is 2.29. The first-order valence-electron chi connectivity index (χ1n) is 4.53. The number of aliphatic hydroxyl groups excluding tert-OH is 1.